The molecule has 2 heterocycles. The number of aromatic nitrogens is 3. The van der Waals surface area contributed by atoms with E-state index in [2.05, 4.69) is 31.1 Å². The van der Waals surface area contributed by atoms with Crippen LogP contribution in [0.4, 0.5) is 11.6 Å². The van der Waals surface area contributed by atoms with Gasteiger partial charge in [-0.2, -0.15) is 4.98 Å². The number of para-hydroxylation sites is 1. The zero-order chi connectivity index (χ0) is 20.9. The van der Waals surface area contributed by atoms with Crippen LogP contribution in [0.1, 0.15) is 61.1 Å². The molecule has 4 rings (SSSR count). The van der Waals surface area contributed by atoms with Crippen LogP contribution in [0, 0.1) is 5.92 Å². The lowest BCUT2D eigenvalue weighted by Crippen LogP contribution is -2.41. The highest BCUT2D eigenvalue weighted by Crippen LogP contribution is 2.28. The van der Waals surface area contributed by atoms with Gasteiger partial charge in [0.15, 0.2) is 0 Å². The van der Waals surface area contributed by atoms with E-state index in [1.165, 1.54) is 25.7 Å². The molecule has 1 aliphatic carbocycles. The molecule has 0 bridgehead atoms. The van der Waals surface area contributed by atoms with Gasteiger partial charge in [0.05, 0.1) is 11.3 Å². The third-order valence-electron chi connectivity index (χ3n) is 5.76. The average Bonchev–Trinajstić information content (AvgIpc) is 3.39. The Morgan fingerprint density at radius 2 is 1.93 bits per heavy atom. The molecule has 158 valence electrons. The van der Waals surface area contributed by atoms with Gasteiger partial charge in [-0.1, -0.05) is 37.8 Å². The zero-order valence-corrected chi connectivity index (χ0v) is 16.7. The Bertz CT molecular complexity index is 934. The number of carbonyl (C=O) groups excluding carboxylic acids is 3. The monoisotopic (exact) mass is 410 g/mol. The fourth-order valence-electron chi connectivity index (χ4n) is 4.08. The maximum absolute atomic E-state index is 12.4. The predicted octanol–water partition coefficient (Wildman–Crippen LogP) is 2.40. The first-order valence-electron chi connectivity index (χ1n) is 10.5. The van der Waals surface area contributed by atoms with Crippen LogP contribution in [0.15, 0.2) is 24.3 Å². The number of hydrogen-bond acceptors (Lipinski definition) is 5. The molecule has 1 aliphatic heterocycles. The average molecular weight is 410 g/mol. The van der Waals surface area contributed by atoms with Crippen LogP contribution in [-0.2, 0) is 16.0 Å². The minimum atomic E-state index is -0.787. The summed E-state index contributed by atoms with van der Waals surface area (Å²) in [5.41, 5.74) is 0.876. The fourth-order valence-corrected chi connectivity index (χ4v) is 4.08. The number of amides is 3. The van der Waals surface area contributed by atoms with Gasteiger partial charge >= 0.3 is 0 Å². The maximum atomic E-state index is 12.4. The zero-order valence-electron chi connectivity index (χ0n) is 16.7. The normalized spacial score (nSPS) is 19.0. The van der Waals surface area contributed by atoms with E-state index < -0.39 is 6.04 Å². The maximum Gasteiger partial charge on any atom is 0.254 e. The van der Waals surface area contributed by atoms with Crippen LogP contribution in [0.3, 0.4) is 0 Å². The van der Waals surface area contributed by atoms with Gasteiger partial charge in [0.1, 0.15) is 11.9 Å². The van der Waals surface area contributed by atoms with Crippen LogP contribution in [-0.4, -0.2) is 38.9 Å². The van der Waals surface area contributed by atoms with Crippen LogP contribution in [0.2, 0.25) is 0 Å². The minimum Gasteiger partial charge on any atom is -0.340 e. The highest BCUT2D eigenvalue weighted by atomic mass is 16.2. The summed E-state index contributed by atoms with van der Waals surface area (Å²) < 4.78 is 0. The Balaban J connectivity index is 1.26. The summed E-state index contributed by atoms with van der Waals surface area (Å²) in [6.07, 6.45) is 7.34. The molecule has 2 aliphatic rings. The third kappa shape index (κ3) is 4.84. The first kappa shape index (κ1) is 20.1. The van der Waals surface area contributed by atoms with Crippen LogP contribution < -0.4 is 16.0 Å². The molecule has 1 unspecified atom stereocenters. The topological polar surface area (TPSA) is 129 Å². The Morgan fingerprint density at radius 3 is 2.77 bits per heavy atom. The lowest BCUT2D eigenvalue weighted by molar-refractivity contribution is -0.118. The van der Waals surface area contributed by atoms with Crippen molar-refractivity contribution >= 4 is 29.4 Å². The Morgan fingerprint density at radius 1 is 1.13 bits per heavy atom. The number of benzene rings is 1. The first-order valence-corrected chi connectivity index (χ1v) is 10.5. The second-order valence-electron chi connectivity index (χ2n) is 7.94. The van der Waals surface area contributed by atoms with Gasteiger partial charge in [-0.3, -0.25) is 24.8 Å². The van der Waals surface area contributed by atoms with Gasteiger partial charge in [0, 0.05) is 12.8 Å². The number of hydrogen-bond donors (Lipinski definition) is 4. The van der Waals surface area contributed by atoms with Gasteiger partial charge in [-0.15, -0.1) is 5.10 Å². The smallest absolute Gasteiger partial charge is 0.254 e. The summed E-state index contributed by atoms with van der Waals surface area (Å²) in [6.45, 7) is 0. The predicted molar refractivity (Wildman–Crippen MR) is 111 cm³/mol. The SMILES string of the molecule is O=C(CCC1NC(=O)c2ccccc2NC1=O)Nc1n[nH]c(CCC2CCCC2)n1. The highest BCUT2D eigenvalue weighted by molar-refractivity contribution is 6.09. The van der Waals surface area contributed by atoms with Crippen molar-refractivity contribution in [1.29, 1.82) is 0 Å². The second-order valence-corrected chi connectivity index (χ2v) is 7.94. The van der Waals surface area contributed by atoms with Crippen LogP contribution >= 0.6 is 0 Å². The molecule has 3 amide bonds. The lowest BCUT2D eigenvalue weighted by atomic mass is 10.0. The molecule has 1 saturated carbocycles. The van der Waals surface area contributed by atoms with Crippen LogP contribution in [0.5, 0.6) is 0 Å². The molecule has 9 heteroatoms. The molecule has 4 N–H and O–H groups in total. The highest BCUT2D eigenvalue weighted by Gasteiger charge is 2.28. The number of aryl methyl sites for hydroxylation is 1. The van der Waals surface area contributed by atoms with Gasteiger partial charge < -0.3 is 10.6 Å². The number of nitrogens with one attached hydrogen (secondary N) is 4. The van der Waals surface area contributed by atoms with E-state index in [1.54, 1.807) is 24.3 Å². The molecule has 9 nitrogen and oxygen atoms in total. The van der Waals surface area contributed by atoms with Gasteiger partial charge in [-0.05, 0) is 30.9 Å². The molecule has 1 atom stereocenters. The molecule has 0 radical (unpaired) electrons. The molecule has 30 heavy (non-hydrogen) atoms. The first-order chi connectivity index (χ1) is 14.6. The molecule has 1 fully saturated rings. The van der Waals surface area contributed by atoms with Crippen molar-refractivity contribution in [2.45, 2.75) is 57.4 Å². The van der Waals surface area contributed by atoms with Gasteiger partial charge in [-0.25, -0.2) is 0 Å². The summed E-state index contributed by atoms with van der Waals surface area (Å²) in [7, 11) is 0. The summed E-state index contributed by atoms with van der Waals surface area (Å²) >= 11 is 0. The number of aromatic amines is 1. The lowest BCUT2D eigenvalue weighted by Gasteiger charge is -2.13. The molecular weight excluding hydrogens is 384 g/mol. The number of nitrogens with zero attached hydrogens (tertiary/aromatic N) is 2. The number of carbonyl (C=O) groups is 3. The van der Waals surface area contributed by atoms with Crippen molar-refractivity contribution in [3.63, 3.8) is 0 Å². The summed E-state index contributed by atoms with van der Waals surface area (Å²) in [5.74, 6) is 0.789. The van der Waals surface area contributed by atoms with Crippen molar-refractivity contribution in [2.75, 3.05) is 10.6 Å². The largest absolute Gasteiger partial charge is 0.340 e. The number of anilines is 2. The van der Waals surface area contributed by atoms with E-state index in [0.717, 1.165) is 24.6 Å². The molecule has 1 aromatic carbocycles. The summed E-state index contributed by atoms with van der Waals surface area (Å²) in [6, 6.07) is 6.02. The van der Waals surface area contributed by atoms with Gasteiger partial charge in [0.2, 0.25) is 17.8 Å². The van der Waals surface area contributed by atoms with Crippen molar-refractivity contribution in [3.05, 3.63) is 35.7 Å². The third-order valence-corrected chi connectivity index (χ3v) is 5.76. The number of fused-ring (bicyclic) bond motifs is 1. The van der Waals surface area contributed by atoms with E-state index in [9.17, 15) is 14.4 Å². The van der Waals surface area contributed by atoms with Crippen molar-refractivity contribution < 1.29 is 14.4 Å². The summed E-state index contributed by atoms with van der Waals surface area (Å²) in [5, 5.41) is 15.0. The van der Waals surface area contributed by atoms with Crippen LogP contribution in [0.25, 0.3) is 0 Å². The fraction of sp³-hybridized carbons (Fsp3) is 0.476. The standard InChI is InChI=1S/C21H26N6O3/c28-18(25-21-24-17(26-27-21)11-9-13-5-1-2-6-13)12-10-16-20(30)22-15-8-4-3-7-14(15)19(29)23-16/h3-4,7-8,13,16H,1-2,5-6,9-12H2,(H,22,30)(H,23,29)(H2,24,25,26,27,28). The van der Waals surface area contributed by atoms with E-state index in [4.69, 9.17) is 0 Å². The Labute approximate surface area is 174 Å². The number of H-pyrrole nitrogens is 1. The van der Waals surface area contributed by atoms with Crippen molar-refractivity contribution in [3.8, 4) is 0 Å². The molecule has 0 spiro atoms. The second kappa shape index (κ2) is 9.06. The Hall–Kier alpha value is -3.23. The van der Waals surface area contributed by atoms with E-state index in [1.807, 2.05) is 0 Å². The molecular formula is C21H26N6O3. The molecule has 2 aromatic rings. The quantitative estimate of drug-likeness (QED) is 0.557. The van der Waals surface area contributed by atoms with E-state index >= 15 is 0 Å². The number of rotatable bonds is 7. The minimum absolute atomic E-state index is 0.0562. The molecule has 0 saturated heterocycles. The van der Waals surface area contributed by atoms with E-state index in [-0.39, 0.29) is 36.5 Å². The van der Waals surface area contributed by atoms with E-state index in [0.29, 0.717) is 11.3 Å². The van der Waals surface area contributed by atoms with Crippen molar-refractivity contribution in [2.24, 2.45) is 5.92 Å². The summed E-state index contributed by atoms with van der Waals surface area (Å²) in [4.78, 5) is 41.3. The molecule has 1 aromatic heterocycles. The van der Waals surface area contributed by atoms with Crippen molar-refractivity contribution in [1.82, 2.24) is 20.5 Å². The Kier molecular flexibility index (Phi) is 6.06. The van der Waals surface area contributed by atoms with Gasteiger partial charge in [0.25, 0.3) is 5.91 Å².